The first-order chi connectivity index (χ1) is 20.7. The van der Waals surface area contributed by atoms with E-state index in [0.717, 1.165) is 65.0 Å². The lowest BCUT2D eigenvalue weighted by atomic mass is 10.0. The monoisotopic (exact) mass is 555 g/mol. The maximum Gasteiger partial charge on any atom is 0.162 e. The molecule has 42 heavy (non-hydrogen) atoms. The van der Waals surface area contributed by atoms with Gasteiger partial charge in [0.2, 0.25) is 0 Å². The van der Waals surface area contributed by atoms with Crippen LogP contribution in [0.3, 0.4) is 0 Å². The number of ether oxygens (including phenoxy) is 2. The first kappa shape index (κ1) is 26.2. The molecule has 7 rings (SSSR count). The first-order valence-corrected chi connectivity index (χ1v) is 14.5. The van der Waals surface area contributed by atoms with E-state index in [-0.39, 0.29) is 0 Å². The molecule has 0 aliphatic carbocycles. The summed E-state index contributed by atoms with van der Waals surface area (Å²) in [4.78, 5) is 16.9. The highest BCUT2D eigenvalue weighted by Crippen LogP contribution is 2.37. The van der Waals surface area contributed by atoms with E-state index >= 15 is 0 Å². The molecule has 0 radical (unpaired) electrons. The van der Waals surface area contributed by atoms with E-state index < -0.39 is 0 Å². The van der Waals surface area contributed by atoms with E-state index in [2.05, 4.69) is 81.9 Å². The Kier molecular flexibility index (Phi) is 7.24. The van der Waals surface area contributed by atoms with Crippen molar-refractivity contribution in [1.82, 2.24) is 14.9 Å². The Morgan fingerprint density at radius 3 is 2.50 bits per heavy atom. The molecule has 0 bridgehead atoms. The zero-order valence-corrected chi connectivity index (χ0v) is 23.7. The van der Waals surface area contributed by atoms with Crippen molar-refractivity contribution in [1.29, 1.82) is 0 Å². The number of aromatic nitrogens is 2. The van der Waals surface area contributed by atoms with Crippen LogP contribution >= 0.6 is 0 Å². The van der Waals surface area contributed by atoms with Crippen LogP contribution in [0, 0.1) is 0 Å². The summed E-state index contributed by atoms with van der Waals surface area (Å²) in [6.45, 7) is 4.50. The highest BCUT2D eigenvalue weighted by molar-refractivity contribution is 5.95. The molecule has 1 aromatic heterocycles. The molecule has 0 saturated carbocycles. The van der Waals surface area contributed by atoms with Gasteiger partial charge in [-0.05, 0) is 72.5 Å². The molecule has 4 aromatic carbocycles. The first-order valence-electron chi connectivity index (χ1n) is 14.5. The van der Waals surface area contributed by atoms with E-state index in [0.29, 0.717) is 29.7 Å². The van der Waals surface area contributed by atoms with E-state index in [1.807, 2.05) is 24.4 Å². The predicted octanol–water partition coefficient (Wildman–Crippen LogP) is 7.12. The molecule has 1 saturated heterocycles. The van der Waals surface area contributed by atoms with E-state index in [4.69, 9.17) is 19.4 Å². The third-order valence-electron chi connectivity index (χ3n) is 7.97. The fourth-order valence-electron chi connectivity index (χ4n) is 5.71. The molecule has 7 nitrogen and oxygen atoms in total. The lowest BCUT2D eigenvalue weighted by Crippen LogP contribution is -2.25. The predicted molar refractivity (Wildman–Crippen MR) is 169 cm³/mol. The van der Waals surface area contributed by atoms with Crippen LogP contribution < -0.4 is 14.8 Å². The van der Waals surface area contributed by atoms with Gasteiger partial charge in [-0.15, -0.1) is 0 Å². The van der Waals surface area contributed by atoms with Crippen LogP contribution in [0.2, 0.25) is 0 Å². The number of anilines is 2. The summed E-state index contributed by atoms with van der Waals surface area (Å²) < 4.78 is 12.0. The average molecular weight is 556 g/mol. The molecule has 210 valence electrons. The van der Waals surface area contributed by atoms with Crippen molar-refractivity contribution in [3.8, 4) is 34.0 Å². The van der Waals surface area contributed by atoms with Crippen molar-refractivity contribution in [3.05, 3.63) is 96.1 Å². The Morgan fingerprint density at radius 1 is 0.810 bits per heavy atom. The number of benzene rings is 4. The van der Waals surface area contributed by atoms with Gasteiger partial charge in [0.25, 0.3) is 0 Å². The third kappa shape index (κ3) is 5.43. The van der Waals surface area contributed by atoms with Crippen LogP contribution in [0.5, 0.6) is 11.5 Å². The summed E-state index contributed by atoms with van der Waals surface area (Å²) in [5, 5.41) is 4.45. The second-order valence-electron chi connectivity index (χ2n) is 10.8. The highest BCUT2D eigenvalue weighted by Gasteiger charge is 2.17. The second-order valence-corrected chi connectivity index (χ2v) is 10.8. The van der Waals surface area contributed by atoms with Crippen molar-refractivity contribution in [2.75, 3.05) is 38.7 Å². The Morgan fingerprint density at radius 2 is 1.64 bits per heavy atom. The highest BCUT2D eigenvalue weighted by atomic mass is 16.5. The molecular weight excluding hydrogens is 522 g/mol. The second kappa shape index (κ2) is 11.6. The number of rotatable bonds is 9. The maximum absolute atomic E-state index is 6.28. The number of nitrogens with zero attached hydrogens (tertiary/aromatic N) is 4. The SMILES string of the molecule is COc1cc2nc(-c3cccc(-c4ccccc4)c3)nc(Nc3ccc4c(c3)C=NC4)c2cc1OCCN1CCCC1. The van der Waals surface area contributed by atoms with Gasteiger partial charge in [-0.1, -0.05) is 54.6 Å². The number of nitrogens with one attached hydrogen (secondary N) is 1. The average Bonchev–Trinajstić information content (AvgIpc) is 3.73. The molecule has 5 aromatic rings. The Hall–Kier alpha value is -4.75. The number of hydrogen-bond acceptors (Lipinski definition) is 7. The molecule has 0 spiro atoms. The van der Waals surface area contributed by atoms with Crippen LogP contribution in [-0.2, 0) is 6.54 Å². The number of aliphatic imine (C=N–C) groups is 1. The summed E-state index contributed by atoms with van der Waals surface area (Å²) in [7, 11) is 1.67. The minimum atomic E-state index is 0.597. The lowest BCUT2D eigenvalue weighted by Gasteiger charge is -2.18. The van der Waals surface area contributed by atoms with Gasteiger partial charge in [-0.3, -0.25) is 9.89 Å². The fourth-order valence-corrected chi connectivity index (χ4v) is 5.71. The Balaban J connectivity index is 1.29. The molecule has 0 atom stereocenters. The summed E-state index contributed by atoms with van der Waals surface area (Å²) in [5.74, 6) is 2.69. The Labute approximate surface area is 245 Å². The number of likely N-dealkylation sites (tertiary alicyclic amines) is 1. The van der Waals surface area contributed by atoms with Gasteiger partial charge >= 0.3 is 0 Å². The molecule has 3 heterocycles. The van der Waals surface area contributed by atoms with Crippen molar-refractivity contribution < 1.29 is 9.47 Å². The molecular formula is C35H33N5O2. The number of methoxy groups -OCH3 is 1. The van der Waals surface area contributed by atoms with Crippen molar-refractivity contribution in [3.63, 3.8) is 0 Å². The van der Waals surface area contributed by atoms with Crippen LogP contribution in [-0.4, -0.2) is 54.4 Å². The standard InChI is InChI=1S/C35H33N5O2/c1-41-32-21-31-30(20-33(32)42-17-16-40-14-5-6-15-40)35(37-29-13-12-27-22-36-23-28(27)19-29)39-34(38-31)26-11-7-10-25(18-26)24-8-3-2-4-9-24/h2-4,7-13,18-21,23H,5-6,14-17,22H2,1H3,(H,37,38,39). The van der Waals surface area contributed by atoms with Crippen molar-refractivity contribution >= 4 is 28.6 Å². The Bertz CT molecular complexity index is 1760. The lowest BCUT2D eigenvalue weighted by molar-refractivity contribution is 0.230. The maximum atomic E-state index is 6.28. The molecule has 1 fully saturated rings. The van der Waals surface area contributed by atoms with Crippen molar-refractivity contribution in [2.45, 2.75) is 19.4 Å². The van der Waals surface area contributed by atoms with Crippen LogP contribution in [0.1, 0.15) is 24.0 Å². The van der Waals surface area contributed by atoms with Crippen molar-refractivity contribution in [2.24, 2.45) is 4.99 Å². The van der Waals surface area contributed by atoms with Gasteiger partial charge < -0.3 is 14.8 Å². The van der Waals surface area contributed by atoms with Gasteiger partial charge in [0.1, 0.15) is 12.4 Å². The van der Waals surface area contributed by atoms with Gasteiger partial charge in [0.15, 0.2) is 17.3 Å². The van der Waals surface area contributed by atoms with Gasteiger partial charge in [0, 0.05) is 35.5 Å². The van der Waals surface area contributed by atoms with Crippen LogP contribution in [0.15, 0.2) is 89.9 Å². The molecule has 2 aliphatic rings. The van der Waals surface area contributed by atoms with Crippen LogP contribution in [0.4, 0.5) is 11.5 Å². The topological polar surface area (TPSA) is 71.9 Å². The molecule has 7 heteroatoms. The quantitative estimate of drug-likeness (QED) is 0.209. The van der Waals surface area contributed by atoms with E-state index in [9.17, 15) is 0 Å². The minimum absolute atomic E-state index is 0.597. The largest absolute Gasteiger partial charge is 0.493 e. The summed E-state index contributed by atoms with van der Waals surface area (Å²) >= 11 is 0. The molecule has 0 amide bonds. The summed E-state index contributed by atoms with van der Waals surface area (Å²) in [5.41, 5.74) is 7.27. The van der Waals surface area contributed by atoms with Gasteiger partial charge in [-0.25, -0.2) is 9.97 Å². The zero-order chi connectivity index (χ0) is 28.3. The molecule has 0 unspecified atom stereocenters. The number of fused-ring (bicyclic) bond motifs is 2. The number of hydrogen-bond donors (Lipinski definition) is 1. The smallest absolute Gasteiger partial charge is 0.162 e. The zero-order valence-electron chi connectivity index (χ0n) is 23.7. The van der Waals surface area contributed by atoms with Crippen LogP contribution in [0.25, 0.3) is 33.4 Å². The molecule has 2 aliphatic heterocycles. The summed E-state index contributed by atoms with van der Waals surface area (Å²) in [6.07, 6.45) is 4.45. The normalized spacial score (nSPS) is 14.3. The fraction of sp³-hybridized carbons (Fsp3) is 0.229. The summed E-state index contributed by atoms with van der Waals surface area (Å²) in [6, 6.07) is 29.0. The van der Waals surface area contributed by atoms with Gasteiger partial charge in [0.05, 0.1) is 19.2 Å². The van der Waals surface area contributed by atoms with Gasteiger partial charge in [-0.2, -0.15) is 0 Å². The molecule has 1 N–H and O–H groups in total. The third-order valence-corrected chi connectivity index (χ3v) is 7.97. The van der Waals surface area contributed by atoms with E-state index in [1.54, 1.807) is 7.11 Å². The van der Waals surface area contributed by atoms with E-state index in [1.165, 1.54) is 18.4 Å². The minimum Gasteiger partial charge on any atom is -0.493 e.